The van der Waals surface area contributed by atoms with Crippen molar-refractivity contribution in [2.24, 2.45) is 0 Å². The van der Waals surface area contributed by atoms with Crippen molar-refractivity contribution in [2.75, 3.05) is 5.73 Å². The first-order valence-electron chi connectivity index (χ1n) is 9.04. The monoisotopic (exact) mass is 382 g/mol. The van der Waals surface area contributed by atoms with Crippen LogP contribution >= 0.6 is 0 Å². The summed E-state index contributed by atoms with van der Waals surface area (Å²) in [5.41, 5.74) is 9.08. The molecule has 2 aromatic rings. The van der Waals surface area contributed by atoms with Gasteiger partial charge in [-0.2, -0.15) is 0 Å². The number of aryl methyl sites for hydroxylation is 2. The number of aliphatic carboxylic acids is 1. The van der Waals surface area contributed by atoms with E-state index >= 15 is 0 Å². The summed E-state index contributed by atoms with van der Waals surface area (Å²) in [6.45, 7) is 5.41. The Bertz CT molecular complexity index is 1010. The van der Waals surface area contributed by atoms with Gasteiger partial charge in [-0.15, -0.1) is 0 Å². The number of nitrogens with two attached hydrogens (primary N) is 1. The molecule has 1 aliphatic carbocycles. The lowest BCUT2D eigenvalue weighted by atomic mass is 9.93. The van der Waals surface area contributed by atoms with Crippen molar-refractivity contribution in [3.05, 3.63) is 58.4 Å². The van der Waals surface area contributed by atoms with Crippen LogP contribution in [0.15, 0.2) is 35.9 Å². The van der Waals surface area contributed by atoms with Gasteiger partial charge in [0.1, 0.15) is 11.4 Å². The van der Waals surface area contributed by atoms with Gasteiger partial charge in [0.15, 0.2) is 0 Å². The van der Waals surface area contributed by atoms with E-state index in [0.717, 1.165) is 22.3 Å². The lowest BCUT2D eigenvalue weighted by molar-refractivity contribution is -0.142. The van der Waals surface area contributed by atoms with Gasteiger partial charge >= 0.3 is 5.97 Å². The minimum atomic E-state index is -1.12. The Morgan fingerprint density at radius 2 is 1.82 bits per heavy atom. The Morgan fingerprint density at radius 3 is 2.39 bits per heavy atom. The first-order valence-corrected chi connectivity index (χ1v) is 9.04. The maximum Gasteiger partial charge on any atom is 0.329 e. The van der Waals surface area contributed by atoms with E-state index in [4.69, 9.17) is 5.73 Å². The number of carboxylic acids is 1. The second-order valence-electron chi connectivity index (χ2n) is 7.43. The van der Waals surface area contributed by atoms with Crippen LogP contribution in [0.4, 0.5) is 10.1 Å². The zero-order valence-electron chi connectivity index (χ0n) is 16.1. The molecule has 5 nitrogen and oxygen atoms in total. The molecule has 0 spiro atoms. The first-order chi connectivity index (χ1) is 13.1. The van der Waals surface area contributed by atoms with Gasteiger partial charge in [0, 0.05) is 16.8 Å². The van der Waals surface area contributed by atoms with E-state index in [-0.39, 0.29) is 5.82 Å². The molecule has 0 aliphatic heterocycles. The zero-order valence-corrected chi connectivity index (χ0v) is 16.1. The molecule has 0 atom stereocenters. The summed E-state index contributed by atoms with van der Waals surface area (Å²) in [5.74, 6) is -1.79. The highest BCUT2D eigenvalue weighted by atomic mass is 19.1. The van der Waals surface area contributed by atoms with Crippen LogP contribution in [0.1, 0.15) is 36.5 Å². The molecule has 0 saturated heterocycles. The molecule has 28 heavy (non-hydrogen) atoms. The molecule has 0 bridgehead atoms. The van der Waals surface area contributed by atoms with E-state index in [1.165, 1.54) is 6.07 Å². The topological polar surface area (TPSA) is 92.4 Å². The number of nitrogens with one attached hydrogen (secondary N) is 1. The van der Waals surface area contributed by atoms with Gasteiger partial charge in [0.25, 0.3) is 0 Å². The highest BCUT2D eigenvalue weighted by Crippen LogP contribution is 2.36. The summed E-state index contributed by atoms with van der Waals surface area (Å²) >= 11 is 0. The predicted molar refractivity (Wildman–Crippen MR) is 107 cm³/mol. The van der Waals surface area contributed by atoms with Gasteiger partial charge in [-0.1, -0.05) is 12.1 Å². The van der Waals surface area contributed by atoms with Crippen molar-refractivity contribution in [3.8, 4) is 11.1 Å². The summed E-state index contributed by atoms with van der Waals surface area (Å²) in [5, 5.41) is 11.8. The molecule has 3 rings (SSSR count). The van der Waals surface area contributed by atoms with Crippen LogP contribution in [0.2, 0.25) is 0 Å². The highest BCUT2D eigenvalue weighted by molar-refractivity contribution is 6.01. The van der Waals surface area contributed by atoms with Gasteiger partial charge in [0.2, 0.25) is 5.91 Å². The molecule has 0 aromatic heterocycles. The minimum absolute atomic E-state index is 0.367. The number of halogens is 1. The molecule has 146 valence electrons. The summed E-state index contributed by atoms with van der Waals surface area (Å²) in [6, 6.07) is 8.37. The number of hydrogen-bond donors (Lipinski definition) is 3. The van der Waals surface area contributed by atoms with E-state index in [9.17, 15) is 19.1 Å². The molecule has 1 amide bonds. The molecule has 2 aromatic carbocycles. The SMILES string of the molecule is CC(=Cc1cc(C)c(-c2ccc(N)cc2F)cc1C)C(=O)NC1(C(=O)O)CC1. The zero-order chi connectivity index (χ0) is 20.6. The number of nitrogen functional groups attached to an aromatic ring is 1. The Kier molecular flexibility index (Phi) is 4.98. The van der Waals surface area contributed by atoms with E-state index in [1.807, 2.05) is 26.0 Å². The molecular weight excluding hydrogens is 359 g/mol. The van der Waals surface area contributed by atoms with Crippen LogP contribution in [0, 0.1) is 19.7 Å². The number of carbonyl (C=O) groups is 2. The van der Waals surface area contributed by atoms with Crippen LogP contribution in [-0.4, -0.2) is 22.5 Å². The van der Waals surface area contributed by atoms with Crippen molar-refractivity contribution in [1.82, 2.24) is 5.32 Å². The quantitative estimate of drug-likeness (QED) is 0.541. The molecule has 1 aliphatic rings. The van der Waals surface area contributed by atoms with Gasteiger partial charge in [-0.3, -0.25) is 4.79 Å². The van der Waals surface area contributed by atoms with Crippen LogP contribution in [0.5, 0.6) is 0 Å². The normalized spacial score (nSPS) is 15.2. The van der Waals surface area contributed by atoms with E-state index in [1.54, 1.807) is 25.1 Å². The van der Waals surface area contributed by atoms with E-state index in [2.05, 4.69) is 5.32 Å². The lowest BCUT2D eigenvalue weighted by Crippen LogP contribution is -2.43. The highest BCUT2D eigenvalue weighted by Gasteiger charge is 2.51. The van der Waals surface area contributed by atoms with E-state index in [0.29, 0.717) is 29.7 Å². The number of hydrogen-bond acceptors (Lipinski definition) is 3. The Balaban J connectivity index is 1.89. The Morgan fingerprint density at radius 1 is 1.14 bits per heavy atom. The van der Waals surface area contributed by atoms with Gasteiger partial charge < -0.3 is 16.2 Å². The number of benzene rings is 2. The fourth-order valence-electron chi connectivity index (χ4n) is 3.17. The van der Waals surface area contributed by atoms with Gasteiger partial charge in [-0.05, 0) is 80.1 Å². The van der Waals surface area contributed by atoms with Crippen LogP contribution < -0.4 is 11.1 Å². The molecule has 1 saturated carbocycles. The third-order valence-corrected chi connectivity index (χ3v) is 5.14. The van der Waals surface area contributed by atoms with Crippen LogP contribution in [0.3, 0.4) is 0 Å². The van der Waals surface area contributed by atoms with Crippen molar-refractivity contribution in [1.29, 1.82) is 0 Å². The fourth-order valence-corrected chi connectivity index (χ4v) is 3.17. The van der Waals surface area contributed by atoms with Gasteiger partial charge in [-0.25, -0.2) is 9.18 Å². The smallest absolute Gasteiger partial charge is 0.329 e. The van der Waals surface area contributed by atoms with Crippen LogP contribution in [-0.2, 0) is 9.59 Å². The summed E-state index contributed by atoms with van der Waals surface area (Å²) in [7, 11) is 0. The fraction of sp³-hybridized carbons (Fsp3) is 0.273. The first kappa shape index (κ1) is 19.6. The summed E-state index contributed by atoms with van der Waals surface area (Å²) in [4.78, 5) is 23.6. The molecule has 4 N–H and O–H groups in total. The number of amides is 1. The number of carbonyl (C=O) groups excluding carboxylic acids is 1. The van der Waals surface area contributed by atoms with E-state index < -0.39 is 17.4 Å². The van der Waals surface area contributed by atoms with Crippen molar-refractivity contribution < 1.29 is 19.1 Å². The van der Waals surface area contributed by atoms with Crippen molar-refractivity contribution in [2.45, 2.75) is 39.2 Å². The number of carboxylic acid groups (broad SMARTS) is 1. The summed E-state index contributed by atoms with van der Waals surface area (Å²) in [6.07, 6.45) is 2.61. The molecule has 0 heterocycles. The molecule has 0 unspecified atom stereocenters. The average molecular weight is 382 g/mol. The molecular formula is C22H23FN2O3. The number of anilines is 1. The lowest BCUT2D eigenvalue weighted by Gasteiger charge is -2.14. The predicted octanol–water partition coefficient (Wildman–Crippen LogP) is 3.83. The number of rotatable bonds is 5. The van der Waals surface area contributed by atoms with Gasteiger partial charge in [0.05, 0.1) is 0 Å². The summed E-state index contributed by atoms with van der Waals surface area (Å²) < 4.78 is 14.3. The Labute approximate surface area is 163 Å². The molecule has 1 fully saturated rings. The van der Waals surface area contributed by atoms with Crippen LogP contribution in [0.25, 0.3) is 17.2 Å². The van der Waals surface area contributed by atoms with Crippen molar-refractivity contribution in [3.63, 3.8) is 0 Å². The Hall–Kier alpha value is -3.15. The third kappa shape index (κ3) is 3.76. The third-order valence-electron chi connectivity index (χ3n) is 5.14. The molecule has 6 heteroatoms. The largest absolute Gasteiger partial charge is 0.480 e. The second kappa shape index (κ2) is 7.11. The maximum atomic E-state index is 14.3. The maximum absolute atomic E-state index is 14.3. The minimum Gasteiger partial charge on any atom is -0.480 e. The molecule has 0 radical (unpaired) electrons. The second-order valence-corrected chi connectivity index (χ2v) is 7.43. The van der Waals surface area contributed by atoms with Crippen molar-refractivity contribution >= 4 is 23.6 Å². The average Bonchev–Trinajstić information content (AvgIpc) is 3.39. The standard InChI is InChI=1S/C22H23FN2O3/c1-12-10-18(17-5-4-16(24)11-19(17)23)13(2)8-15(12)9-14(3)20(26)25-22(6-7-22)21(27)28/h4-5,8-11H,6-7,24H2,1-3H3,(H,25,26)(H,27,28).